The van der Waals surface area contributed by atoms with Crippen molar-refractivity contribution < 1.29 is 24.9 Å². The summed E-state index contributed by atoms with van der Waals surface area (Å²) in [5, 5.41) is 31.2. The standard InChI is InChI=1S/C11H19NO5/c1-5(2)11-8(12-6(3)14)10(16)9(15)7(4-13)17-11/h7-11,13,15-16H,1,4H2,2-3H3,(H,12,14). The normalized spacial score (nSPS) is 37.6. The molecule has 6 nitrogen and oxygen atoms in total. The average Bonchev–Trinajstić information content (AvgIpc) is 2.24. The number of hydrogen-bond donors (Lipinski definition) is 4. The highest BCUT2D eigenvalue weighted by Gasteiger charge is 2.44. The van der Waals surface area contributed by atoms with Gasteiger partial charge < -0.3 is 25.4 Å². The maximum Gasteiger partial charge on any atom is 0.217 e. The molecule has 1 saturated heterocycles. The Bertz CT molecular complexity index is 306. The molecule has 0 bridgehead atoms. The van der Waals surface area contributed by atoms with Gasteiger partial charge in [-0.15, -0.1) is 0 Å². The fourth-order valence-electron chi connectivity index (χ4n) is 1.93. The Kier molecular flexibility index (Phi) is 4.64. The Morgan fingerprint density at radius 2 is 1.94 bits per heavy atom. The Hall–Kier alpha value is -0.950. The van der Waals surface area contributed by atoms with Crippen molar-refractivity contribution in [3.05, 3.63) is 12.2 Å². The van der Waals surface area contributed by atoms with Crippen molar-refractivity contribution in [3.8, 4) is 0 Å². The van der Waals surface area contributed by atoms with Crippen LogP contribution in [0.2, 0.25) is 0 Å². The van der Waals surface area contributed by atoms with Gasteiger partial charge in [-0.25, -0.2) is 0 Å². The van der Waals surface area contributed by atoms with Crippen LogP contribution < -0.4 is 5.32 Å². The van der Waals surface area contributed by atoms with E-state index in [-0.39, 0.29) is 5.91 Å². The predicted octanol–water partition coefficient (Wildman–Crippen LogP) is -1.45. The number of carbonyl (C=O) groups is 1. The Labute approximate surface area is 99.9 Å². The summed E-state index contributed by atoms with van der Waals surface area (Å²) in [4.78, 5) is 11.0. The van der Waals surface area contributed by atoms with Crippen LogP contribution in [-0.4, -0.2) is 58.3 Å². The molecular formula is C11H19NO5. The summed E-state index contributed by atoms with van der Waals surface area (Å²) in [6.07, 6.45) is -3.95. The first-order valence-electron chi connectivity index (χ1n) is 5.43. The summed E-state index contributed by atoms with van der Waals surface area (Å²) in [6.45, 7) is 6.31. The molecule has 0 aliphatic carbocycles. The second kappa shape index (κ2) is 5.59. The fraction of sp³-hybridized carbons (Fsp3) is 0.727. The van der Waals surface area contributed by atoms with Crippen LogP contribution >= 0.6 is 0 Å². The molecule has 1 fully saturated rings. The first kappa shape index (κ1) is 14.1. The van der Waals surface area contributed by atoms with Crippen molar-refractivity contribution >= 4 is 5.91 Å². The number of carbonyl (C=O) groups excluding carboxylic acids is 1. The van der Waals surface area contributed by atoms with E-state index in [0.717, 1.165) is 0 Å². The van der Waals surface area contributed by atoms with Gasteiger partial charge >= 0.3 is 0 Å². The van der Waals surface area contributed by atoms with Gasteiger partial charge in [-0.2, -0.15) is 0 Å². The molecule has 0 radical (unpaired) electrons. The number of hydrogen-bond acceptors (Lipinski definition) is 5. The minimum Gasteiger partial charge on any atom is -0.394 e. The monoisotopic (exact) mass is 245 g/mol. The van der Waals surface area contributed by atoms with Gasteiger partial charge in [0, 0.05) is 6.92 Å². The number of amides is 1. The first-order valence-corrected chi connectivity index (χ1v) is 5.43. The predicted molar refractivity (Wildman–Crippen MR) is 60.2 cm³/mol. The molecule has 1 aliphatic heterocycles. The third-order valence-electron chi connectivity index (χ3n) is 2.78. The van der Waals surface area contributed by atoms with E-state index in [9.17, 15) is 15.0 Å². The highest BCUT2D eigenvalue weighted by Crippen LogP contribution is 2.24. The van der Waals surface area contributed by atoms with E-state index in [4.69, 9.17) is 9.84 Å². The van der Waals surface area contributed by atoms with Gasteiger partial charge in [-0.05, 0) is 12.5 Å². The van der Waals surface area contributed by atoms with Crippen molar-refractivity contribution in [3.63, 3.8) is 0 Å². The molecule has 0 aromatic carbocycles. The maximum atomic E-state index is 11.0. The molecule has 5 unspecified atom stereocenters. The summed E-state index contributed by atoms with van der Waals surface area (Å²) in [5.74, 6) is -0.335. The van der Waals surface area contributed by atoms with Crippen LogP contribution in [0.25, 0.3) is 0 Å². The smallest absolute Gasteiger partial charge is 0.217 e. The molecule has 6 heteroatoms. The third-order valence-corrected chi connectivity index (χ3v) is 2.78. The van der Waals surface area contributed by atoms with Crippen LogP contribution in [0.1, 0.15) is 13.8 Å². The van der Waals surface area contributed by atoms with Gasteiger partial charge in [0.1, 0.15) is 24.4 Å². The molecule has 1 amide bonds. The first-order chi connectivity index (χ1) is 7.88. The number of aliphatic hydroxyl groups is 3. The van der Waals surface area contributed by atoms with Gasteiger partial charge in [0.15, 0.2) is 0 Å². The molecule has 0 aromatic heterocycles. The SMILES string of the molecule is C=C(C)C1OC(CO)C(O)C(O)C1NC(C)=O. The molecule has 0 spiro atoms. The zero-order valence-electron chi connectivity index (χ0n) is 9.96. The van der Waals surface area contributed by atoms with Crippen LogP contribution in [0, 0.1) is 0 Å². The van der Waals surface area contributed by atoms with Crippen LogP contribution in [0.4, 0.5) is 0 Å². The summed E-state index contributed by atoms with van der Waals surface area (Å²) in [7, 11) is 0. The summed E-state index contributed by atoms with van der Waals surface area (Å²) < 4.78 is 5.42. The molecule has 4 N–H and O–H groups in total. The Balaban J connectivity index is 2.90. The Morgan fingerprint density at radius 3 is 2.35 bits per heavy atom. The molecule has 0 aromatic rings. The topological polar surface area (TPSA) is 99.0 Å². The zero-order chi connectivity index (χ0) is 13.2. The molecule has 0 saturated carbocycles. The Morgan fingerprint density at radius 1 is 1.35 bits per heavy atom. The van der Waals surface area contributed by atoms with Crippen molar-refractivity contribution in [1.82, 2.24) is 5.32 Å². The van der Waals surface area contributed by atoms with Crippen LogP contribution in [-0.2, 0) is 9.53 Å². The fourth-order valence-corrected chi connectivity index (χ4v) is 1.93. The zero-order valence-corrected chi connectivity index (χ0v) is 9.96. The van der Waals surface area contributed by atoms with Crippen molar-refractivity contribution in [1.29, 1.82) is 0 Å². The van der Waals surface area contributed by atoms with Crippen molar-refractivity contribution in [2.75, 3.05) is 6.61 Å². The van der Waals surface area contributed by atoms with E-state index in [1.165, 1.54) is 6.92 Å². The lowest BCUT2D eigenvalue weighted by atomic mass is 9.90. The molecule has 5 atom stereocenters. The molecule has 17 heavy (non-hydrogen) atoms. The highest BCUT2D eigenvalue weighted by atomic mass is 16.5. The maximum absolute atomic E-state index is 11.0. The number of nitrogens with one attached hydrogen (secondary N) is 1. The largest absolute Gasteiger partial charge is 0.394 e. The van der Waals surface area contributed by atoms with Crippen LogP contribution in [0.5, 0.6) is 0 Å². The van der Waals surface area contributed by atoms with E-state index >= 15 is 0 Å². The van der Waals surface area contributed by atoms with Crippen LogP contribution in [0.3, 0.4) is 0 Å². The minimum absolute atomic E-state index is 0.335. The lowest BCUT2D eigenvalue weighted by molar-refractivity contribution is -0.185. The quantitative estimate of drug-likeness (QED) is 0.456. The number of rotatable bonds is 3. The lowest BCUT2D eigenvalue weighted by Crippen LogP contribution is -2.64. The van der Waals surface area contributed by atoms with Gasteiger partial charge in [0.25, 0.3) is 0 Å². The summed E-state index contributed by atoms with van der Waals surface area (Å²) in [5.41, 5.74) is 0.605. The third kappa shape index (κ3) is 3.04. The number of ether oxygens (including phenoxy) is 1. The van der Waals surface area contributed by atoms with E-state index in [0.29, 0.717) is 5.57 Å². The minimum atomic E-state index is -1.24. The second-order valence-corrected chi connectivity index (χ2v) is 4.33. The molecular weight excluding hydrogens is 226 g/mol. The number of aliphatic hydroxyl groups excluding tert-OH is 3. The molecule has 1 aliphatic rings. The van der Waals surface area contributed by atoms with E-state index in [1.807, 2.05) is 0 Å². The van der Waals surface area contributed by atoms with Gasteiger partial charge in [-0.3, -0.25) is 4.79 Å². The molecule has 98 valence electrons. The highest BCUT2D eigenvalue weighted by molar-refractivity contribution is 5.73. The van der Waals surface area contributed by atoms with E-state index < -0.39 is 37.1 Å². The molecule has 1 heterocycles. The summed E-state index contributed by atoms with van der Waals surface area (Å²) in [6, 6.07) is -0.761. The van der Waals surface area contributed by atoms with Crippen molar-refractivity contribution in [2.24, 2.45) is 0 Å². The van der Waals surface area contributed by atoms with Gasteiger partial charge in [0.2, 0.25) is 5.91 Å². The van der Waals surface area contributed by atoms with E-state index in [2.05, 4.69) is 11.9 Å². The lowest BCUT2D eigenvalue weighted by Gasteiger charge is -2.42. The van der Waals surface area contributed by atoms with E-state index in [1.54, 1.807) is 6.92 Å². The second-order valence-electron chi connectivity index (χ2n) is 4.33. The van der Waals surface area contributed by atoms with Crippen LogP contribution in [0.15, 0.2) is 12.2 Å². The molecule has 1 rings (SSSR count). The van der Waals surface area contributed by atoms with Crippen molar-refractivity contribution in [2.45, 2.75) is 44.3 Å². The van der Waals surface area contributed by atoms with Gasteiger partial charge in [-0.1, -0.05) is 6.58 Å². The van der Waals surface area contributed by atoms with Gasteiger partial charge in [0.05, 0.1) is 12.6 Å². The average molecular weight is 245 g/mol. The summed E-state index contributed by atoms with van der Waals surface area (Å²) >= 11 is 0.